The normalized spacial score (nSPS) is 16.2. The second-order valence-electron chi connectivity index (χ2n) is 38.9. The van der Waals surface area contributed by atoms with Gasteiger partial charge >= 0.3 is 6.18 Å². The second-order valence-corrected chi connectivity index (χ2v) is 44.9. The molecule has 6 aliphatic heterocycles. The monoisotopic (exact) mass is 2030 g/mol. The molecule has 143 heavy (non-hydrogen) atoms. The van der Waals surface area contributed by atoms with E-state index in [2.05, 4.69) is 155 Å². The van der Waals surface area contributed by atoms with E-state index in [0.717, 1.165) is 162 Å². The number of sulfone groups is 2. The number of rotatable bonds is 25. The van der Waals surface area contributed by atoms with Crippen LogP contribution in [-0.4, -0.2) is 239 Å². The van der Waals surface area contributed by atoms with Crippen LogP contribution in [0.15, 0.2) is 176 Å². The molecule has 0 atom stereocenters. The minimum atomic E-state index is -4.53. The van der Waals surface area contributed by atoms with E-state index in [9.17, 15) is 38.8 Å². The molecule has 19 rings (SSSR count). The lowest BCUT2D eigenvalue weighted by Gasteiger charge is -2.35. The molecule has 0 bridgehead atoms. The smallest absolute Gasteiger partial charge is 0.418 e. The number of hydrogen-bond donors (Lipinski definition) is 4. The molecule has 28 nitrogen and oxygen atoms in total. The second kappa shape index (κ2) is 44.9. The van der Waals surface area contributed by atoms with Crippen molar-refractivity contribution in [2.24, 2.45) is 0 Å². The number of halogens is 7. The third-order valence-electron chi connectivity index (χ3n) is 26.9. The molecule has 0 amide bonds. The molecule has 37 heteroatoms. The summed E-state index contributed by atoms with van der Waals surface area (Å²) in [7, 11) is 1.53. The van der Waals surface area contributed by atoms with Crippen LogP contribution in [0, 0.1) is 39.3 Å². The summed E-state index contributed by atoms with van der Waals surface area (Å²) >= 11 is 12.7. The summed E-state index contributed by atoms with van der Waals surface area (Å²) in [5.41, 5.74) is 16.4. The Bertz CT molecular complexity index is 6740. The minimum absolute atomic E-state index is 0.0181. The molecule has 10 heterocycles. The maximum atomic E-state index is 15.0. The van der Waals surface area contributed by atoms with E-state index in [1.54, 1.807) is 80.2 Å². The Morgan fingerprint density at radius 2 is 0.734 bits per heavy atom. The van der Waals surface area contributed by atoms with Crippen LogP contribution >= 0.6 is 23.2 Å². The van der Waals surface area contributed by atoms with Gasteiger partial charge in [0.05, 0.1) is 49.3 Å². The summed E-state index contributed by atoms with van der Waals surface area (Å²) in [5.74, 6) is 3.21. The summed E-state index contributed by atoms with van der Waals surface area (Å²) in [6, 6.07) is 46.4. The third kappa shape index (κ3) is 26.8. The van der Waals surface area contributed by atoms with Crippen LogP contribution in [0.1, 0.15) is 125 Å². The average Bonchev–Trinajstić information content (AvgIpc) is 1.60. The zero-order valence-corrected chi connectivity index (χ0v) is 85.9. The van der Waals surface area contributed by atoms with Crippen molar-refractivity contribution in [1.82, 2.24) is 59.5 Å². The highest BCUT2D eigenvalue weighted by molar-refractivity contribution is 7.92. The molecule has 7 aliphatic rings. The van der Waals surface area contributed by atoms with Gasteiger partial charge in [-0.3, -0.25) is 0 Å². The Morgan fingerprint density at radius 1 is 0.392 bits per heavy atom. The van der Waals surface area contributed by atoms with E-state index < -0.39 is 52.5 Å². The fraction of sp³-hybridized carbons (Fsp3) is 0.396. The molecule has 4 aromatic heterocycles. The first-order chi connectivity index (χ1) is 68.2. The van der Waals surface area contributed by atoms with Crippen LogP contribution < -0.4 is 59.8 Å². The van der Waals surface area contributed by atoms with Crippen molar-refractivity contribution in [2.75, 3.05) is 194 Å². The number of alkyl halides is 3. The first-order valence-corrected chi connectivity index (χ1v) is 52.1. The number of nitrogens with zero attached hydrogens (tertiary/aromatic N) is 16. The molecular weight excluding hydrogens is 1910 g/mol. The number of benzene rings is 8. The SMILES string of the molecule is Cc1cnc(Nc2cc(F)c(N3CCN(C)CC3)c(F)c2)nc1Cc1ccc(Cl)c(CS(=O)(=O)C2(C)CC2)c1.Cc1cnc(Nc2ccc(N3CCN(C)CC3)c(C(F)(F)F)c2)nc1Cc1ccc(Cl)c(CS(=O)(=O)C(C)(C)C)c1.Cc1cnc(Nc2ccc(N3CCN(C)CC3)cc2)nc1Cc1ccc2c(c1)OCCO2.Cc1cnc(Nc2ccc(N3CCN(C)CC3)cc2)nc1Cc1ccc2c(c1)OCO2. The highest BCUT2D eigenvalue weighted by Crippen LogP contribution is 2.46. The molecule has 1 saturated carbocycles. The molecule has 1 aliphatic carbocycles. The molecule has 4 N–H and O–H groups in total. The lowest BCUT2D eigenvalue weighted by molar-refractivity contribution is -0.137. The topological polar surface area (TPSA) is 282 Å². The first-order valence-electron chi connectivity index (χ1n) is 48.0. The summed E-state index contributed by atoms with van der Waals surface area (Å²) < 4.78 is 144. The summed E-state index contributed by atoms with van der Waals surface area (Å²) in [5, 5.41) is 13.3. The van der Waals surface area contributed by atoms with Gasteiger partial charge in [0.15, 0.2) is 54.3 Å². The standard InChI is InChI=1S/C29H35ClF3N5O2S.C28H32ClF2N5O2S.C25H29N5O2.C24H27N5O2/c1-19-17-34-27(35-22-7-9-26(23(16-22)29(31,32)33)38-12-10-37(5)11-13-38)36-25(19)15-20-6-8-24(30)21(14-20)18-41(39,40)28(2,3)4;1-18-16-32-27(33-21-14-23(30)26(24(31)15-21)36-10-8-35(3)9-11-36)34-25(18)13-19-4-5-22(29)20(12-19)17-39(37,38)28(2)6-7-28;1-18-17-26-25(27-20-4-6-21(7-5-20)30-11-9-29(2)10-12-30)28-22(18)15-19-3-8-23-24(16-19)32-14-13-31-23;1-17-15-25-24(27-21(17)13-18-3-8-22-23(14-18)31-16-30-22)26-19-4-6-20(7-5-19)29-11-9-28(2)10-12-29/h6-9,14,16-17H,10-13,15,18H2,1-5H3,(H,34,35,36);4-5,12,14-16H,6-11,13,17H2,1-3H3,(H,32,33,34);3-8,16-17H,9-15H2,1-2H3,(H,26,27,28);3-8,14-15H,9-13,16H2,1-2H3,(H,25,26,27). The van der Waals surface area contributed by atoms with Gasteiger partial charge in [-0.2, -0.15) is 13.2 Å². The van der Waals surface area contributed by atoms with Crippen molar-refractivity contribution in [3.8, 4) is 23.0 Å². The van der Waals surface area contributed by atoms with E-state index in [-0.39, 0.29) is 52.9 Å². The quantitative estimate of drug-likeness (QED) is 0.0387. The molecule has 4 saturated heterocycles. The molecule has 8 aromatic carbocycles. The largest absolute Gasteiger partial charge is 0.486 e. The molecule has 0 radical (unpaired) electrons. The number of piperazine rings is 4. The lowest BCUT2D eigenvalue weighted by Crippen LogP contribution is -2.45. The summed E-state index contributed by atoms with van der Waals surface area (Å²) in [4.78, 5) is 53.5. The first kappa shape index (κ1) is 104. The predicted octanol–water partition coefficient (Wildman–Crippen LogP) is 18.8. The number of hydrogen-bond acceptors (Lipinski definition) is 28. The molecular formula is C106H123Cl2F5N20O8S2. The van der Waals surface area contributed by atoms with Gasteiger partial charge in [0, 0.05) is 205 Å². The van der Waals surface area contributed by atoms with Gasteiger partial charge in [-0.25, -0.2) is 65.5 Å². The Morgan fingerprint density at radius 3 is 1.14 bits per heavy atom. The number of fused-ring (bicyclic) bond motifs is 2. The lowest BCUT2D eigenvalue weighted by atomic mass is 10.0. The predicted molar refractivity (Wildman–Crippen MR) is 556 cm³/mol. The van der Waals surface area contributed by atoms with Crippen LogP contribution in [0.5, 0.6) is 23.0 Å². The van der Waals surface area contributed by atoms with Gasteiger partial charge in [0.1, 0.15) is 18.9 Å². The highest BCUT2D eigenvalue weighted by Gasteiger charge is 2.50. The van der Waals surface area contributed by atoms with Gasteiger partial charge in [0.2, 0.25) is 30.6 Å². The van der Waals surface area contributed by atoms with Crippen LogP contribution in [0.4, 0.5) is 91.2 Å². The van der Waals surface area contributed by atoms with Crippen LogP contribution in [-0.2, 0) is 63.0 Å². The van der Waals surface area contributed by atoms with Crippen molar-refractivity contribution < 1.29 is 57.7 Å². The fourth-order valence-electron chi connectivity index (χ4n) is 17.2. The van der Waals surface area contributed by atoms with Crippen LogP contribution in [0.3, 0.4) is 0 Å². The van der Waals surface area contributed by atoms with Crippen molar-refractivity contribution in [1.29, 1.82) is 0 Å². The van der Waals surface area contributed by atoms with Gasteiger partial charge in [0.25, 0.3) is 0 Å². The van der Waals surface area contributed by atoms with Gasteiger partial charge in [-0.15, -0.1) is 0 Å². The van der Waals surface area contributed by atoms with Crippen molar-refractivity contribution in [2.45, 2.75) is 121 Å². The van der Waals surface area contributed by atoms with Crippen molar-refractivity contribution >= 4 is 112 Å². The summed E-state index contributed by atoms with van der Waals surface area (Å²) in [6.45, 7) is 29.7. The zero-order chi connectivity index (χ0) is 101. The van der Waals surface area contributed by atoms with Gasteiger partial charge in [-0.1, -0.05) is 59.6 Å². The summed E-state index contributed by atoms with van der Waals surface area (Å²) in [6.07, 6.45) is 6.02. The number of ether oxygens (including phenoxy) is 4. The minimum Gasteiger partial charge on any atom is -0.486 e. The number of nitrogens with one attached hydrogen (secondary N) is 4. The Kier molecular flexibility index (Phi) is 32.5. The van der Waals surface area contributed by atoms with Crippen LogP contribution in [0.2, 0.25) is 10.0 Å². The van der Waals surface area contributed by atoms with Gasteiger partial charge in [-0.05, 0) is 267 Å². The zero-order valence-electron chi connectivity index (χ0n) is 82.7. The number of likely N-dealkylation sites (N-methyl/N-ethyl adjacent to an activating group) is 4. The maximum absolute atomic E-state index is 15.0. The number of aromatic nitrogens is 8. The number of anilines is 12. The maximum Gasteiger partial charge on any atom is 0.418 e. The molecule has 12 aromatic rings. The average molecular weight is 2040 g/mol. The Labute approximate surface area is 844 Å². The Hall–Kier alpha value is -12.4. The van der Waals surface area contributed by atoms with E-state index in [0.29, 0.717) is 135 Å². The van der Waals surface area contributed by atoms with Crippen LogP contribution in [0.25, 0.3) is 0 Å². The molecule has 5 fully saturated rings. The van der Waals surface area contributed by atoms with Crippen molar-refractivity contribution in [3.63, 3.8) is 0 Å². The van der Waals surface area contributed by atoms with Gasteiger partial charge < -0.3 is 79.4 Å². The van der Waals surface area contributed by atoms with E-state index in [1.807, 2.05) is 90.6 Å². The molecule has 0 unspecified atom stereocenters. The highest BCUT2D eigenvalue weighted by atomic mass is 35.5. The number of aryl methyl sites for hydroxylation is 4. The van der Waals surface area contributed by atoms with E-state index >= 15 is 0 Å². The molecule has 0 spiro atoms. The van der Waals surface area contributed by atoms with E-state index in [1.165, 1.54) is 29.6 Å². The van der Waals surface area contributed by atoms with E-state index in [4.69, 9.17) is 52.1 Å². The Balaban J connectivity index is 0.000000138. The third-order valence-corrected chi connectivity index (χ3v) is 32.8. The fourth-order valence-corrected chi connectivity index (χ4v) is 20.5. The van der Waals surface area contributed by atoms with Crippen molar-refractivity contribution in [3.05, 3.63) is 282 Å². The molecule has 756 valence electrons.